The molecule has 0 atom stereocenters. The molecule has 1 N–H and O–H groups in total. The van der Waals surface area contributed by atoms with Crippen molar-refractivity contribution in [2.75, 3.05) is 33.3 Å². The highest BCUT2D eigenvalue weighted by Gasteiger charge is 2.13. The summed E-state index contributed by atoms with van der Waals surface area (Å²) >= 11 is 3.38. The summed E-state index contributed by atoms with van der Waals surface area (Å²) in [6.45, 7) is 3.90. The summed E-state index contributed by atoms with van der Waals surface area (Å²) < 4.78 is 6.16. The number of ether oxygens (including phenoxy) is 1. The molecule has 4 nitrogen and oxygen atoms in total. The van der Waals surface area contributed by atoms with E-state index < -0.39 is 0 Å². The number of hydrogen-bond acceptors (Lipinski definition) is 3. The molecule has 1 aliphatic rings. The first-order valence-corrected chi connectivity index (χ1v) is 8.34. The first-order valence-electron chi connectivity index (χ1n) is 7.55. The van der Waals surface area contributed by atoms with Gasteiger partial charge >= 0.3 is 0 Å². The number of hydrogen-bond donors (Lipinski definition) is 1. The number of nitrogens with one attached hydrogen (secondary N) is 1. The molecule has 0 aliphatic carbocycles. The van der Waals surface area contributed by atoms with Crippen LogP contribution in [-0.4, -0.2) is 44.1 Å². The maximum atomic E-state index is 12.2. The molecule has 0 saturated carbocycles. The molecule has 0 radical (unpaired) electrons. The number of likely N-dealkylation sites (tertiary alicyclic amines) is 1. The lowest BCUT2D eigenvalue weighted by Gasteiger charge is -2.19. The first kappa shape index (κ1) is 16.3. The van der Waals surface area contributed by atoms with Gasteiger partial charge in [-0.3, -0.25) is 4.79 Å². The lowest BCUT2D eigenvalue weighted by Crippen LogP contribution is -2.35. The van der Waals surface area contributed by atoms with Crippen LogP contribution in [0.25, 0.3) is 0 Å². The third-order valence-corrected chi connectivity index (χ3v) is 4.31. The Morgan fingerprint density at radius 1 is 1.29 bits per heavy atom. The van der Waals surface area contributed by atoms with E-state index >= 15 is 0 Å². The third kappa shape index (κ3) is 5.00. The molecule has 1 aliphatic heterocycles. The van der Waals surface area contributed by atoms with Crippen molar-refractivity contribution in [3.8, 4) is 5.75 Å². The topological polar surface area (TPSA) is 41.6 Å². The van der Waals surface area contributed by atoms with E-state index in [1.54, 1.807) is 13.2 Å². The molecule has 116 valence electrons. The van der Waals surface area contributed by atoms with Gasteiger partial charge in [-0.2, -0.15) is 0 Å². The number of benzene rings is 1. The Bertz CT molecular complexity index is 471. The minimum Gasteiger partial charge on any atom is -0.496 e. The maximum absolute atomic E-state index is 12.2. The zero-order valence-electron chi connectivity index (χ0n) is 12.5. The molecule has 2 rings (SSSR count). The molecule has 1 fully saturated rings. The highest BCUT2D eigenvalue weighted by atomic mass is 79.9. The second kappa shape index (κ2) is 8.39. The molecule has 1 amide bonds. The standard InChI is InChI=1S/C16H23BrN2O2/c1-21-15-12-13(17)6-7-14(15)16(20)18-8-11-19-9-4-2-3-5-10-19/h6-7,12H,2-5,8-11H2,1H3,(H,18,20). The van der Waals surface area contributed by atoms with Crippen molar-refractivity contribution < 1.29 is 9.53 Å². The average molecular weight is 355 g/mol. The lowest BCUT2D eigenvalue weighted by molar-refractivity contribution is 0.0945. The average Bonchev–Trinajstić information content (AvgIpc) is 2.75. The van der Waals surface area contributed by atoms with Gasteiger partial charge in [-0.25, -0.2) is 0 Å². The Kier molecular flexibility index (Phi) is 6.51. The van der Waals surface area contributed by atoms with Crippen molar-refractivity contribution >= 4 is 21.8 Å². The molecule has 0 aromatic heterocycles. The van der Waals surface area contributed by atoms with Gasteiger partial charge in [0.2, 0.25) is 0 Å². The number of rotatable bonds is 5. The van der Waals surface area contributed by atoms with Gasteiger partial charge in [0, 0.05) is 17.6 Å². The predicted molar refractivity (Wildman–Crippen MR) is 87.9 cm³/mol. The monoisotopic (exact) mass is 354 g/mol. The van der Waals surface area contributed by atoms with Crippen LogP contribution < -0.4 is 10.1 Å². The van der Waals surface area contributed by atoms with Crippen molar-refractivity contribution in [3.05, 3.63) is 28.2 Å². The van der Waals surface area contributed by atoms with E-state index in [4.69, 9.17) is 4.74 Å². The van der Waals surface area contributed by atoms with Gasteiger partial charge in [-0.05, 0) is 44.1 Å². The minimum atomic E-state index is -0.0748. The number of amides is 1. The van der Waals surface area contributed by atoms with E-state index in [2.05, 4.69) is 26.1 Å². The number of carbonyl (C=O) groups excluding carboxylic acids is 1. The molecule has 1 heterocycles. The fourth-order valence-corrected chi connectivity index (χ4v) is 2.98. The molecule has 5 heteroatoms. The summed E-state index contributed by atoms with van der Waals surface area (Å²) in [4.78, 5) is 14.7. The molecule has 0 spiro atoms. The summed E-state index contributed by atoms with van der Waals surface area (Å²) in [5, 5.41) is 2.98. The normalized spacial score (nSPS) is 16.3. The van der Waals surface area contributed by atoms with E-state index in [0.717, 1.165) is 24.1 Å². The highest BCUT2D eigenvalue weighted by molar-refractivity contribution is 9.10. The van der Waals surface area contributed by atoms with E-state index in [1.165, 1.54) is 25.7 Å². The third-order valence-electron chi connectivity index (χ3n) is 3.82. The lowest BCUT2D eigenvalue weighted by atomic mass is 10.2. The fourth-order valence-electron chi connectivity index (χ4n) is 2.64. The highest BCUT2D eigenvalue weighted by Crippen LogP contribution is 2.23. The number of halogens is 1. The molecule has 0 bridgehead atoms. The van der Waals surface area contributed by atoms with Crippen LogP contribution in [0.2, 0.25) is 0 Å². The van der Waals surface area contributed by atoms with E-state index in [9.17, 15) is 4.79 Å². The van der Waals surface area contributed by atoms with Crippen LogP contribution in [0, 0.1) is 0 Å². The molecule has 21 heavy (non-hydrogen) atoms. The summed E-state index contributed by atoms with van der Waals surface area (Å²) in [6.07, 6.45) is 5.21. The van der Waals surface area contributed by atoms with Crippen LogP contribution in [0.4, 0.5) is 0 Å². The summed E-state index contributed by atoms with van der Waals surface area (Å²) in [6, 6.07) is 5.44. The van der Waals surface area contributed by atoms with Crippen molar-refractivity contribution in [2.45, 2.75) is 25.7 Å². The zero-order valence-corrected chi connectivity index (χ0v) is 14.1. The van der Waals surface area contributed by atoms with E-state index in [0.29, 0.717) is 17.9 Å². The largest absolute Gasteiger partial charge is 0.496 e. The number of methoxy groups -OCH3 is 1. The Balaban J connectivity index is 1.84. The van der Waals surface area contributed by atoms with E-state index in [1.807, 2.05) is 12.1 Å². The number of carbonyl (C=O) groups is 1. The fraction of sp³-hybridized carbons (Fsp3) is 0.562. The summed E-state index contributed by atoms with van der Waals surface area (Å²) in [5.41, 5.74) is 0.580. The van der Waals surface area contributed by atoms with Crippen LogP contribution >= 0.6 is 15.9 Å². The molecular weight excluding hydrogens is 332 g/mol. The molecule has 0 unspecified atom stereocenters. The van der Waals surface area contributed by atoms with Gasteiger partial charge in [-0.15, -0.1) is 0 Å². The van der Waals surface area contributed by atoms with E-state index in [-0.39, 0.29) is 5.91 Å². The maximum Gasteiger partial charge on any atom is 0.255 e. The Labute approximate surface area is 135 Å². The Hall–Kier alpha value is -1.07. The smallest absolute Gasteiger partial charge is 0.255 e. The predicted octanol–water partition coefficient (Wildman–Crippen LogP) is 3.06. The zero-order chi connectivity index (χ0) is 15.1. The minimum absolute atomic E-state index is 0.0748. The molecular formula is C16H23BrN2O2. The van der Waals surface area contributed by atoms with Crippen molar-refractivity contribution in [3.63, 3.8) is 0 Å². The van der Waals surface area contributed by atoms with Gasteiger partial charge in [0.1, 0.15) is 5.75 Å². The second-order valence-electron chi connectivity index (χ2n) is 5.36. The van der Waals surface area contributed by atoms with Gasteiger partial charge in [0.05, 0.1) is 12.7 Å². The SMILES string of the molecule is COc1cc(Br)ccc1C(=O)NCCN1CCCCCC1. The Morgan fingerprint density at radius 2 is 2.00 bits per heavy atom. The number of nitrogens with zero attached hydrogens (tertiary/aromatic N) is 1. The van der Waals surface area contributed by atoms with Crippen LogP contribution in [0.1, 0.15) is 36.0 Å². The van der Waals surface area contributed by atoms with Crippen LogP contribution in [-0.2, 0) is 0 Å². The van der Waals surface area contributed by atoms with Crippen molar-refractivity contribution in [1.82, 2.24) is 10.2 Å². The van der Waals surface area contributed by atoms with Gasteiger partial charge in [-0.1, -0.05) is 28.8 Å². The van der Waals surface area contributed by atoms with Crippen molar-refractivity contribution in [1.29, 1.82) is 0 Å². The Morgan fingerprint density at radius 3 is 2.67 bits per heavy atom. The van der Waals surface area contributed by atoms with Crippen LogP contribution in [0.3, 0.4) is 0 Å². The first-order chi connectivity index (χ1) is 10.2. The second-order valence-corrected chi connectivity index (χ2v) is 6.27. The summed E-state index contributed by atoms with van der Waals surface area (Å²) in [7, 11) is 1.58. The summed E-state index contributed by atoms with van der Waals surface area (Å²) in [5.74, 6) is 0.519. The van der Waals surface area contributed by atoms with Gasteiger partial charge in [0.25, 0.3) is 5.91 Å². The van der Waals surface area contributed by atoms with Gasteiger partial charge in [0.15, 0.2) is 0 Å². The van der Waals surface area contributed by atoms with Crippen LogP contribution in [0.5, 0.6) is 5.75 Å². The molecule has 1 aromatic carbocycles. The van der Waals surface area contributed by atoms with Crippen LogP contribution in [0.15, 0.2) is 22.7 Å². The molecule has 1 aromatic rings. The quantitative estimate of drug-likeness (QED) is 0.883. The van der Waals surface area contributed by atoms with Gasteiger partial charge < -0.3 is 15.0 Å². The molecule has 1 saturated heterocycles. The van der Waals surface area contributed by atoms with Crippen molar-refractivity contribution in [2.24, 2.45) is 0 Å².